The van der Waals surface area contributed by atoms with Gasteiger partial charge in [0.1, 0.15) is 11.5 Å². The van der Waals surface area contributed by atoms with Gasteiger partial charge in [0.05, 0.1) is 12.7 Å². The van der Waals surface area contributed by atoms with Crippen LogP contribution in [0.2, 0.25) is 0 Å². The number of piperidine rings is 1. The molecule has 6 heteroatoms. The molecule has 3 N–H and O–H groups in total. The number of amides is 2. The molecule has 0 aromatic heterocycles. The first kappa shape index (κ1) is 13.2. The van der Waals surface area contributed by atoms with Crippen molar-refractivity contribution in [2.24, 2.45) is 0 Å². The minimum Gasteiger partial charge on any atom is -0.507 e. The van der Waals surface area contributed by atoms with Crippen molar-refractivity contribution in [3.8, 4) is 11.5 Å². The second-order valence-electron chi connectivity index (χ2n) is 4.40. The third-order valence-electron chi connectivity index (χ3n) is 3.05. The van der Waals surface area contributed by atoms with E-state index < -0.39 is 0 Å². The van der Waals surface area contributed by atoms with E-state index >= 15 is 0 Å². The third kappa shape index (κ3) is 3.15. The molecule has 0 aliphatic carbocycles. The average molecular weight is 264 g/mol. The summed E-state index contributed by atoms with van der Waals surface area (Å²) < 4.78 is 5.02. The Kier molecular flexibility index (Phi) is 3.89. The Bertz CT molecular complexity index is 491. The first-order valence-electron chi connectivity index (χ1n) is 6.04. The van der Waals surface area contributed by atoms with Crippen LogP contribution in [0.25, 0.3) is 0 Å². The Morgan fingerprint density at radius 1 is 1.53 bits per heavy atom. The monoisotopic (exact) mass is 264 g/mol. The van der Waals surface area contributed by atoms with E-state index in [9.17, 15) is 14.7 Å². The molecule has 0 radical (unpaired) electrons. The Balaban J connectivity index is 2.05. The highest BCUT2D eigenvalue weighted by Crippen LogP contribution is 2.23. The normalized spacial score (nSPS) is 18.6. The molecule has 0 bridgehead atoms. The average Bonchev–Trinajstić information content (AvgIpc) is 2.42. The van der Waals surface area contributed by atoms with E-state index in [2.05, 4.69) is 10.6 Å². The smallest absolute Gasteiger partial charge is 0.255 e. The van der Waals surface area contributed by atoms with Crippen LogP contribution in [-0.4, -0.2) is 36.6 Å². The Labute approximate surface area is 110 Å². The van der Waals surface area contributed by atoms with Gasteiger partial charge < -0.3 is 20.5 Å². The first-order chi connectivity index (χ1) is 9.10. The number of phenols is 1. The number of carbonyl (C=O) groups excluding carboxylic acids is 2. The van der Waals surface area contributed by atoms with Crippen molar-refractivity contribution in [1.29, 1.82) is 0 Å². The molecule has 19 heavy (non-hydrogen) atoms. The Morgan fingerprint density at radius 2 is 2.32 bits per heavy atom. The molecule has 1 aliphatic rings. The molecule has 0 spiro atoms. The highest BCUT2D eigenvalue weighted by molar-refractivity contribution is 5.97. The van der Waals surface area contributed by atoms with E-state index in [1.807, 2.05) is 0 Å². The van der Waals surface area contributed by atoms with Gasteiger partial charge in [-0.2, -0.15) is 0 Å². The molecule has 1 heterocycles. The number of rotatable bonds is 3. The minimum atomic E-state index is -0.377. The summed E-state index contributed by atoms with van der Waals surface area (Å²) >= 11 is 0. The number of phenolic OH excluding ortho intramolecular Hbond substituents is 1. The van der Waals surface area contributed by atoms with E-state index in [1.54, 1.807) is 6.07 Å². The molecule has 1 unspecified atom stereocenters. The molecule has 6 nitrogen and oxygen atoms in total. The van der Waals surface area contributed by atoms with Crippen LogP contribution in [-0.2, 0) is 4.79 Å². The fraction of sp³-hybridized carbons (Fsp3) is 0.385. The van der Waals surface area contributed by atoms with E-state index in [1.165, 1.54) is 19.2 Å². The van der Waals surface area contributed by atoms with Gasteiger partial charge >= 0.3 is 0 Å². The molecule has 1 aliphatic heterocycles. The van der Waals surface area contributed by atoms with Gasteiger partial charge in [0.25, 0.3) is 5.91 Å². The largest absolute Gasteiger partial charge is 0.507 e. The number of methoxy groups -OCH3 is 1. The van der Waals surface area contributed by atoms with Crippen LogP contribution < -0.4 is 15.4 Å². The van der Waals surface area contributed by atoms with E-state index in [0.29, 0.717) is 25.1 Å². The van der Waals surface area contributed by atoms with Crippen molar-refractivity contribution >= 4 is 11.8 Å². The maximum Gasteiger partial charge on any atom is 0.255 e. The molecule has 2 amide bonds. The van der Waals surface area contributed by atoms with Crippen molar-refractivity contribution < 1.29 is 19.4 Å². The lowest BCUT2D eigenvalue weighted by Gasteiger charge is -2.23. The third-order valence-corrected chi connectivity index (χ3v) is 3.05. The van der Waals surface area contributed by atoms with Crippen LogP contribution in [0.5, 0.6) is 11.5 Å². The van der Waals surface area contributed by atoms with Gasteiger partial charge in [0, 0.05) is 19.0 Å². The number of aromatic hydroxyl groups is 1. The first-order valence-corrected chi connectivity index (χ1v) is 6.04. The Hall–Kier alpha value is -2.24. The zero-order valence-corrected chi connectivity index (χ0v) is 10.6. The van der Waals surface area contributed by atoms with E-state index in [0.717, 1.165) is 0 Å². The summed E-state index contributed by atoms with van der Waals surface area (Å²) in [6, 6.07) is 4.35. The molecular weight excluding hydrogens is 248 g/mol. The van der Waals surface area contributed by atoms with E-state index in [4.69, 9.17) is 4.74 Å². The maximum atomic E-state index is 12.0. The van der Waals surface area contributed by atoms with Crippen LogP contribution in [0.3, 0.4) is 0 Å². The second-order valence-corrected chi connectivity index (χ2v) is 4.40. The van der Waals surface area contributed by atoms with Crippen molar-refractivity contribution in [3.05, 3.63) is 23.8 Å². The minimum absolute atomic E-state index is 0.00488. The summed E-state index contributed by atoms with van der Waals surface area (Å²) in [5, 5.41) is 15.2. The quantitative estimate of drug-likeness (QED) is 0.738. The van der Waals surface area contributed by atoms with Crippen molar-refractivity contribution in [2.45, 2.75) is 18.9 Å². The summed E-state index contributed by atoms with van der Waals surface area (Å²) in [6.45, 7) is 0.412. The lowest BCUT2D eigenvalue weighted by Crippen LogP contribution is -2.47. The molecule has 1 saturated heterocycles. The fourth-order valence-corrected chi connectivity index (χ4v) is 1.94. The van der Waals surface area contributed by atoms with Gasteiger partial charge in [0.15, 0.2) is 0 Å². The van der Waals surface area contributed by atoms with Gasteiger partial charge in [-0.05, 0) is 24.6 Å². The lowest BCUT2D eigenvalue weighted by atomic mass is 10.1. The van der Waals surface area contributed by atoms with E-state index in [-0.39, 0.29) is 29.2 Å². The number of ether oxygens (including phenoxy) is 1. The van der Waals surface area contributed by atoms with Gasteiger partial charge in [-0.1, -0.05) is 0 Å². The SMILES string of the molecule is COc1ccc(O)c(C(=O)NC2CCC(=O)NC2)c1. The molecule has 102 valence electrons. The number of benzene rings is 1. The molecule has 1 atom stereocenters. The summed E-state index contributed by atoms with van der Waals surface area (Å²) in [6.07, 6.45) is 0.997. The van der Waals surface area contributed by atoms with Gasteiger partial charge in [-0.3, -0.25) is 9.59 Å². The van der Waals surface area contributed by atoms with Crippen LogP contribution in [0.1, 0.15) is 23.2 Å². The summed E-state index contributed by atoms with van der Waals surface area (Å²) in [4.78, 5) is 23.1. The summed E-state index contributed by atoms with van der Waals surface area (Å²) in [7, 11) is 1.49. The van der Waals surface area contributed by atoms with Gasteiger partial charge in [0.2, 0.25) is 5.91 Å². The van der Waals surface area contributed by atoms with Crippen molar-refractivity contribution in [1.82, 2.24) is 10.6 Å². The van der Waals surface area contributed by atoms with Gasteiger partial charge in [-0.25, -0.2) is 0 Å². The predicted octanol–water partition coefficient (Wildman–Crippen LogP) is 0.409. The molecule has 1 aromatic carbocycles. The summed E-state index contributed by atoms with van der Waals surface area (Å²) in [5.41, 5.74) is 0.163. The lowest BCUT2D eigenvalue weighted by molar-refractivity contribution is -0.122. The topological polar surface area (TPSA) is 87.7 Å². The van der Waals surface area contributed by atoms with Crippen LogP contribution in [0, 0.1) is 0 Å². The van der Waals surface area contributed by atoms with Crippen molar-refractivity contribution in [2.75, 3.05) is 13.7 Å². The van der Waals surface area contributed by atoms with Crippen LogP contribution in [0.4, 0.5) is 0 Å². The number of nitrogens with one attached hydrogen (secondary N) is 2. The molecular formula is C13H16N2O4. The standard InChI is InChI=1S/C13H16N2O4/c1-19-9-3-4-11(16)10(6-9)13(18)15-8-2-5-12(17)14-7-8/h3-4,6,8,16H,2,5,7H2,1H3,(H,14,17)(H,15,18). The zero-order chi connectivity index (χ0) is 13.8. The van der Waals surface area contributed by atoms with Crippen molar-refractivity contribution in [3.63, 3.8) is 0 Å². The molecule has 2 rings (SSSR count). The molecule has 1 aromatic rings. The highest BCUT2D eigenvalue weighted by Gasteiger charge is 2.21. The zero-order valence-electron chi connectivity index (χ0n) is 10.6. The molecule has 1 fully saturated rings. The number of hydrogen-bond donors (Lipinski definition) is 3. The van der Waals surface area contributed by atoms with Crippen LogP contribution in [0.15, 0.2) is 18.2 Å². The predicted molar refractivity (Wildman–Crippen MR) is 68.2 cm³/mol. The number of hydrogen-bond acceptors (Lipinski definition) is 4. The Morgan fingerprint density at radius 3 is 2.95 bits per heavy atom. The van der Waals surface area contributed by atoms with Crippen LogP contribution >= 0.6 is 0 Å². The highest BCUT2D eigenvalue weighted by atomic mass is 16.5. The number of carbonyl (C=O) groups is 2. The fourth-order valence-electron chi connectivity index (χ4n) is 1.94. The molecule has 0 saturated carbocycles. The van der Waals surface area contributed by atoms with Gasteiger partial charge in [-0.15, -0.1) is 0 Å². The second kappa shape index (κ2) is 5.60. The summed E-state index contributed by atoms with van der Waals surface area (Å²) in [5.74, 6) is 0.0188. The maximum absolute atomic E-state index is 12.0.